The summed E-state index contributed by atoms with van der Waals surface area (Å²) >= 11 is 3.20. The number of anilines is 1. The first-order valence-corrected chi connectivity index (χ1v) is 7.03. The maximum absolute atomic E-state index is 13.1. The minimum Gasteiger partial charge on any atom is -0.357 e. The third kappa shape index (κ3) is 4.52. The molecule has 116 valence electrons. The van der Waals surface area contributed by atoms with Gasteiger partial charge in [-0.2, -0.15) is 13.2 Å². The summed E-state index contributed by atoms with van der Waals surface area (Å²) in [4.78, 5) is 19.4. The molecule has 1 atom stereocenters. The van der Waals surface area contributed by atoms with Crippen LogP contribution in [0.2, 0.25) is 0 Å². The lowest BCUT2D eigenvalue weighted by atomic mass is 10.0. The van der Waals surface area contributed by atoms with E-state index < -0.39 is 24.4 Å². The van der Waals surface area contributed by atoms with Crippen molar-refractivity contribution in [2.24, 2.45) is 0 Å². The average molecular weight is 374 g/mol. The number of hydrogen-bond acceptors (Lipinski definition) is 4. The van der Waals surface area contributed by atoms with E-state index in [0.717, 1.165) is 4.47 Å². The fourth-order valence-corrected chi connectivity index (χ4v) is 2.00. The fourth-order valence-electron chi connectivity index (χ4n) is 1.74. The summed E-state index contributed by atoms with van der Waals surface area (Å²) in [6.45, 7) is 0. The molecule has 0 fully saturated rings. The smallest absolute Gasteiger partial charge is 0.357 e. The first kappa shape index (κ1) is 16.4. The van der Waals surface area contributed by atoms with Crippen LogP contribution in [0.3, 0.4) is 0 Å². The van der Waals surface area contributed by atoms with Gasteiger partial charge in [0.2, 0.25) is 0 Å². The highest BCUT2D eigenvalue weighted by Gasteiger charge is 2.41. The van der Waals surface area contributed by atoms with Crippen LogP contribution in [0.5, 0.6) is 0 Å². The van der Waals surface area contributed by atoms with Crippen LogP contribution in [0.1, 0.15) is 16.8 Å². The zero-order chi connectivity index (χ0) is 16.2. The lowest BCUT2D eigenvalue weighted by Gasteiger charge is -2.21. The van der Waals surface area contributed by atoms with Crippen molar-refractivity contribution >= 4 is 27.5 Å². The third-order valence-electron chi connectivity index (χ3n) is 2.84. The zero-order valence-corrected chi connectivity index (χ0v) is 12.7. The molecule has 0 aliphatic rings. The van der Waals surface area contributed by atoms with Crippen LogP contribution in [0, 0.1) is 0 Å². The van der Waals surface area contributed by atoms with Gasteiger partial charge in [-0.15, -0.1) is 0 Å². The topological polar surface area (TPSA) is 54.9 Å². The Morgan fingerprint density at radius 2 is 1.91 bits per heavy atom. The van der Waals surface area contributed by atoms with Crippen molar-refractivity contribution in [3.05, 3.63) is 52.9 Å². The van der Waals surface area contributed by atoms with Crippen LogP contribution in [-0.4, -0.2) is 28.0 Å². The predicted molar refractivity (Wildman–Crippen MR) is 78.6 cm³/mol. The Balaban J connectivity index is 2.13. The Kier molecular flexibility index (Phi) is 5.12. The minimum absolute atomic E-state index is 0.0339. The first-order chi connectivity index (χ1) is 10.4. The molecule has 0 radical (unpaired) electrons. The SMILES string of the molecule is O=C(CC(Nc1cnccn1)C(F)(F)F)c1ccc(Br)cc1. The van der Waals surface area contributed by atoms with E-state index in [1.807, 2.05) is 0 Å². The molecule has 1 unspecified atom stereocenters. The molecule has 0 saturated carbocycles. The van der Waals surface area contributed by atoms with Crippen molar-refractivity contribution in [2.75, 3.05) is 5.32 Å². The second-order valence-corrected chi connectivity index (χ2v) is 5.38. The molecule has 0 spiro atoms. The Hall–Kier alpha value is -1.96. The van der Waals surface area contributed by atoms with Gasteiger partial charge in [-0.05, 0) is 12.1 Å². The molecule has 1 aromatic heterocycles. The summed E-state index contributed by atoms with van der Waals surface area (Å²) < 4.78 is 40.0. The number of Topliss-reactive ketones (excluding diaryl/α,β-unsaturated/α-hetero) is 1. The van der Waals surface area contributed by atoms with E-state index in [9.17, 15) is 18.0 Å². The van der Waals surface area contributed by atoms with Crippen LogP contribution in [0.25, 0.3) is 0 Å². The van der Waals surface area contributed by atoms with Gasteiger partial charge >= 0.3 is 6.18 Å². The molecule has 0 saturated heterocycles. The fraction of sp³-hybridized carbons (Fsp3) is 0.214. The van der Waals surface area contributed by atoms with Crippen molar-refractivity contribution in [1.29, 1.82) is 0 Å². The average Bonchev–Trinajstić information content (AvgIpc) is 2.47. The summed E-state index contributed by atoms with van der Waals surface area (Å²) in [6, 6.07) is 4.13. The van der Waals surface area contributed by atoms with Crippen molar-refractivity contribution in [2.45, 2.75) is 18.6 Å². The Morgan fingerprint density at radius 1 is 1.23 bits per heavy atom. The third-order valence-corrected chi connectivity index (χ3v) is 3.36. The van der Waals surface area contributed by atoms with Crippen molar-refractivity contribution in [1.82, 2.24) is 9.97 Å². The molecule has 4 nitrogen and oxygen atoms in total. The highest BCUT2D eigenvalue weighted by molar-refractivity contribution is 9.10. The molecule has 0 aliphatic heterocycles. The number of nitrogens with zero attached hydrogens (tertiary/aromatic N) is 2. The highest BCUT2D eigenvalue weighted by Crippen LogP contribution is 2.26. The number of ketones is 1. The molecular formula is C14H11BrF3N3O. The van der Waals surface area contributed by atoms with Gasteiger partial charge in [0, 0.05) is 28.9 Å². The second kappa shape index (κ2) is 6.87. The summed E-state index contributed by atoms with van der Waals surface area (Å²) in [5.74, 6) is -0.639. The van der Waals surface area contributed by atoms with E-state index >= 15 is 0 Å². The lowest BCUT2D eigenvalue weighted by molar-refractivity contribution is -0.141. The number of rotatable bonds is 5. The summed E-state index contributed by atoms with van der Waals surface area (Å²) in [5, 5.41) is 2.20. The Bertz CT molecular complexity index is 632. The summed E-state index contributed by atoms with van der Waals surface area (Å²) in [6.07, 6.45) is -1.51. The Labute approximate surface area is 132 Å². The first-order valence-electron chi connectivity index (χ1n) is 6.24. The summed E-state index contributed by atoms with van der Waals surface area (Å²) in [5.41, 5.74) is 0.221. The van der Waals surface area contributed by atoms with Gasteiger partial charge in [0.25, 0.3) is 0 Å². The van der Waals surface area contributed by atoms with E-state index in [1.54, 1.807) is 12.1 Å². The van der Waals surface area contributed by atoms with Gasteiger partial charge in [-0.3, -0.25) is 9.78 Å². The van der Waals surface area contributed by atoms with Crippen molar-refractivity contribution in [3.63, 3.8) is 0 Å². The van der Waals surface area contributed by atoms with Crippen molar-refractivity contribution in [3.8, 4) is 0 Å². The molecule has 0 aliphatic carbocycles. The molecule has 0 bridgehead atoms. The van der Waals surface area contributed by atoms with Crippen LogP contribution >= 0.6 is 15.9 Å². The molecular weight excluding hydrogens is 363 g/mol. The monoisotopic (exact) mass is 373 g/mol. The second-order valence-electron chi connectivity index (χ2n) is 4.46. The van der Waals surface area contributed by atoms with Crippen LogP contribution in [0.4, 0.5) is 19.0 Å². The van der Waals surface area contributed by atoms with E-state index in [1.165, 1.54) is 30.7 Å². The van der Waals surface area contributed by atoms with Gasteiger partial charge in [0.1, 0.15) is 11.9 Å². The van der Waals surface area contributed by atoms with Gasteiger partial charge in [0.05, 0.1) is 6.20 Å². The maximum Gasteiger partial charge on any atom is 0.409 e. The standard InChI is InChI=1S/C14H11BrF3N3O/c15-10-3-1-9(2-4-10)11(22)7-12(14(16,17)18)21-13-8-19-5-6-20-13/h1-6,8,12H,7H2,(H,20,21). The molecule has 22 heavy (non-hydrogen) atoms. The van der Waals surface area contributed by atoms with E-state index in [4.69, 9.17) is 0 Å². The Morgan fingerprint density at radius 3 is 2.45 bits per heavy atom. The lowest BCUT2D eigenvalue weighted by Crippen LogP contribution is -2.38. The maximum atomic E-state index is 13.1. The number of hydrogen-bond donors (Lipinski definition) is 1. The normalized spacial score (nSPS) is 12.7. The van der Waals surface area contributed by atoms with Gasteiger partial charge in [0.15, 0.2) is 5.78 Å². The zero-order valence-electron chi connectivity index (χ0n) is 11.1. The number of aromatic nitrogens is 2. The molecule has 0 amide bonds. The quantitative estimate of drug-likeness (QED) is 0.808. The number of nitrogens with one attached hydrogen (secondary N) is 1. The molecule has 8 heteroatoms. The number of benzene rings is 1. The number of halogens is 4. The van der Waals surface area contributed by atoms with Crippen LogP contribution in [0.15, 0.2) is 47.3 Å². The highest BCUT2D eigenvalue weighted by atomic mass is 79.9. The number of alkyl halides is 3. The summed E-state index contributed by atoms with van der Waals surface area (Å²) in [7, 11) is 0. The molecule has 1 N–H and O–H groups in total. The van der Waals surface area contributed by atoms with Gasteiger partial charge in [-0.25, -0.2) is 4.98 Å². The van der Waals surface area contributed by atoms with Crippen LogP contribution in [-0.2, 0) is 0 Å². The van der Waals surface area contributed by atoms with E-state index in [2.05, 4.69) is 31.2 Å². The largest absolute Gasteiger partial charge is 0.409 e. The van der Waals surface area contributed by atoms with E-state index in [0.29, 0.717) is 0 Å². The predicted octanol–water partition coefficient (Wildman–Crippen LogP) is 3.85. The number of carbonyl (C=O) groups is 1. The molecule has 1 aromatic carbocycles. The van der Waals surface area contributed by atoms with E-state index in [-0.39, 0.29) is 11.4 Å². The minimum atomic E-state index is -4.58. The molecule has 1 heterocycles. The van der Waals surface area contributed by atoms with Crippen LogP contribution < -0.4 is 5.32 Å². The van der Waals surface area contributed by atoms with Crippen molar-refractivity contribution < 1.29 is 18.0 Å². The van der Waals surface area contributed by atoms with Gasteiger partial charge in [-0.1, -0.05) is 28.1 Å². The molecule has 2 rings (SSSR count). The number of carbonyl (C=O) groups excluding carboxylic acids is 1. The van der Waals surface area contributed by atoms with Gasteiger partial charge < -0.3 is 5.32 Å². The molecule has 2 aromatic rings.